The molecule has 0 bridgehead atoms. The van der Waals surface area contributed by atoms with Gasteiger partial charge in [0.2, 0.25) is 5.91 Å². The van der Waals surface area contributed by atoms with Gasteiger partial charge < -0.3 is 5.32 Å². The molecule has 1 N–H and O–H groups in total. The summed E-state index contributed by atoms with van der Waals surface area (Å²) in [4.78, 5) is 15.8. The lowest BCUT2D eigenvalue weighted by atomic mass is 9.90. The van der Waals surface area contributed by atoms with Gasteiger partial charge in [-0.15, -0.1) is 0 Å². The van der Waals surface area contributed by atoms with Crippen molar-refractivity contribution in [2.24, 2.45) is 11.8 Å². The van der Waals surface area contributed by atoms with Crippen LogP contribution in [0.15, 0.2) is 91.0 Å². The molecule has 3 atom stereocenters. The van der Waals surface area contributed by atoms with E-state index in [4.69, 9.17) is 0 Å². The molecule has 146 valence electrons. The van der Waals surface area contributed by atoms with Crippen LogP contribution in [-0.2, 0) is 11.3 Å². The maximum absolute atomic E-state index is 13.3. The molecule has 0 unspecified atom stereocenters. The topological polar surface area (TPSA) is 32.3 Å². The van der Waals surface area contributed by atoms with Crippen LogP contribution in [0.3, 0.4) is 0 Å². The number of nitrogens with zero attached hydrogens (tertiary/aromatic N) is 1. The van der Waals surface area contributed by atoms with Crippen molar-refractivity contribution in [3.8, 4) is 0 Å². The fourth-order valence-corrected chi connectivity index (χ4v) is 4.83. The van der Waals surface area contributed by atoms with Crippen LogP contribution in [-0.4, -0.2) is 29.9 Å². The highest BCUT2D eigenvalue weighted by atomic mass is 16.2. The van der Waals surface area contributed by atoms with Crippen LogP contribution in [0.4, 0.5) is 0 Å². The second-order valence-electron chi connectivity index (χ2n) is 8.30. The van der Waals surface area contributed by atoms with E-state index in [1.807, 2.05) is 60.7 Å². The fraction of sp³-hybridized carbons (Fsp3) is 0.269. The molecule has 2 fully saturated rings. The average molecular weight is 383 g/mol. The van der Waals surface area contributed by atoms with Crippen LogP contribution in [0, 0.1) is 11.8 Å². The Morgan fingerprint density at radius 2 is 1.28 bits per heavy atom. The summed E-state index contributed by atoms with van der Waals surface area (Å²) in [6.07, 6.45) is 0. The molecule has 1 amide bonds. The average Bonchev–Trinajstić information content (AvgIpc) is 3.19. The lowest BCUT2D eigenvalue weighted by molar-refractivity contribution is -0.122. The number of benzene rings is 3. The smallest absolute Gasteiger partial charge is 0.232 e. The van der Waals surface area contributed by atoms with E-state index in [1.165, 1.54) is 5.56 Å². The van der Waals surface area contributed by atoms with Gasteiger partial charge in [0.1, 0.15) is 0 Å². The second kappa shape index (κ2) is 7.84. The Balaban J connectivity index is 1.24. The maximum atomic E-state index is 13.3. The summed E-state index contributed by atoms with van der Waals surface area (Å²) in [6, 6.07) is 31.2. The monoisotopic (exact) mass is 382 g/mol. The summed E-state index contributed by atoms with van der Waals surface area (Å²) in [6.45, 7) is 3.16. The molecule has 3 nitrogen and oxygen atoms in total. The molecular formula is C26H26N2O. The number of piperidine rings is 1. The minimum absolute atomic E-state index is 0.122. The molecule has 5 rings (SSSR count). The highest BCUT2D eigenvalue weighted by Gasteiger charge is 2.56. The van der Waals surface area contributed by atoms with E-state index in [2.05, 4.69) is 40.5 Å². The van der Waals surface area contributed by atoms with Gasteiger partial charge in [-0.1, -0.05) is 91.0 Å². The first-order valence-electron chi connectivity index (χ1n) is 10.5. The van der Waals surface area contributed by atoms with Crippen molar-refractivity contribution in [3.05, 3.63) is 108 Å². The number of carbonyl (C=O) groups excluding carboxylic acids is 1. The molecule has 1 saturated carbocycles. The van der Waals surface area contributed by atoms with Gasteiger partial charge in [0, 0.05) is 25.7 Å². The summed E-state index contributed by atoms with van der Waals surface area (Å²) >= 11 is 0. The Labute approximate surface area is 172 Å². The predicted molar refractivity (Wildman–Crippen MR) is 115 cm³/mol. The van der Waals surface area contributed by atoms with Crippen LogP contribution >= 0.6 is 0 Å². The Bertz CT molecular complexity index is 906. The van der Waals surface area contributed by atoms with Gasteiger partial charge in [0.05, 0.1) is 5.92 Å². The van der Waals surface area contributed by atoms with Crippen molar-refractivity contribution < 1.29 is 4.79 Å². The normalized spacial score (nSPS) is 23.0. The molecule has 1 heterocycles. The van der Waals surface area contributed by atoms with Gasteiger partial charge in [-0.3, -0.25) is 9.69 Å². The molecule has 2 aliphatic rings. The molecule has 1 aliphatic carbocycles. The van der Waals surface area contributed by atoms with Crippen molar-refractivity contribution >= 4 is 5.91 Å². The number of hydrogen-bond acceptors (Lipinski definition) is 2. The van der Waals surface area contributed by atoms with Crippen LogP contribution in [0.25, 0.3) is 0 Å². The Morgan fingerprint density at radius 3 is 1.79 bits per heavy atom. The van der Waals surface area contributed by atoms with E-state index in [0.717, 1.165) is 30.8 Å². The van der Waals surface area contributed by atoms with E-state index < -0.39 is 0 Å². The van der Waals surface area contributed by atoms with Crippen LogP contribution in [0.1, 0.15) is 22.6 Å². The first-order chi connectivity index (χ1) is 14.3. The van der Waals surface area contributed by atoms with Crippen LogP contribution in [0.2, 0.25) is 0 Å². The van der Waals surface area contributed by atoms with Gasteiger partial charge in [-0.2, -0.15) is 0 Å². The number of fused-ring (bicyclic) bond motifs is 1. The molecule has 3 aromatic rings. The zero-order valence-electron chi connectivity index (χ0n) is 16.4. The number of carbonyl (C=O) groups is 1. The molecular weight excluding hydrogens is 356 g/mol. The Morgan fingerprint density at radius 1 is 0.793 bits per heavy atom. The number of rotatable bonds is 6. The van der Waals surface area contributed by atoms with Crippen molar-refractivity contribution in [2.45, 2.75) is 18.5 Å². The Kier molecular flexibility index (Phi) is 4.91. The molecule has 1 aliphatic heterocycles. The summed E-state index contributed by atoms with van der Waals surface area (Å²) in [5.41, 5.74) is 3.46. The van der Waals surface area contributed by atoms with E-state index in [0.29, 0.717) is 17.9 Å². The number of amides is 1. The highest BCUT2D eigenvalue weighted by Crippen LogP contribution is 2.46. The molecule has 29 heavy (non-hydrogen) atoms. The third kappa shape index (κ3) is 3.83. The van der Waals surface area contributed by atoms with E-state index in [9.17, 15) is 4.79 Å². The number of likely N-dealkylation sites (tertiary alicyclic amines) is 1. The van der Waals surface area contributed by atoms with Gasteiger partial charge in [0.15, 0.2) is 0 Å². The first-order valence-corrected chi connectivity index (χ1v) is 10.5. The molecule has 1 saturated heterocycles. The lowest BCUT2D eigenvalue weighted by Gasteiger charge is -2.22. The van der Waals surface area contributed by atoms with Crippen molar-refractivity contribution in [1.82, 2.24) is 10.2 Å². The van der Waals surface area contributed by atoms with Crippen molar-refractivity contribution in [1.29, 1.82) is 0 Å². The summed E-state index contributed by atoms with van der Waals surface area (Å²) in [5.74, 6) is 1.06. The minimum atomic E-state index is -0.251. The fourth-order valence-electron chi connectivity index (χ4n) is 4.83. The van der Waals surface area contributed by atoms with Gasteiger partial charge in [0.25, 0.3) is 0 Å². The van der Waals surface area contributed by atoms with E-state index in [1.54, 1.807) is 0 Å². The third-order valence-electron chi connectivity index (χ3n) is 6.36. The van der Waals surface area contributed by atoms with Gasteiger partial charge in [-0.05, 0) is 28.5 Å². The van der Waals surface area contributed by atoms with Crippen molar-refractivity contribution in [3.63, 3.8) is 0 Å². The zero-order valence-corrected chi connectivity index (χ0v) is 16.4. The van der Waals surface area contributed by atoms with Crippen molar-refractivity contribution in [2.75, 3.05) is 13.1 Å². The van der Waals surface area contributed by atoms with E-state index in [-0.39, 0.29) is 11.8 Å². The maximum Gasteiger partial charge on any atom is 0.232 e. The van der Waals surface area contributed by atoms with Gasteiger partial charge in [-0.25, -0.2) is 0 Å². The largest absolute Gasteiger partial charge is 0.352 e. The third-order valence-corrected chi connectivity index (χ3v) is 6.36. The first kappa shape index (κ1) is 18.1. The SMILES string of the molecule is O=C(N[C@H]1[C@@H]2CN(Cc3ccccc3)C[C@@H]21)C(c1ccccc1)c1ccccc1. The number of hydrogen-bond donors (Lipinski definition) is 1. The predicted octanol–water partition coefficient (Wildman–Crippen LogP) is 4.07. The summed E-state index contributed by atoms with van der Waals surface area (Å²) < 4.78 is 0. The van der Waals surface area contributed by atoms with Crippen LogP contribution < -0.4 is 5.32 Å². The zero-order chi connectivity index (χ0) is 19.6. The molecule has 0 aromatic heterocycles. The second-order valence-corrected chi connectivity index (χ2v) is 8.30. The molecule has 0 spiro atoms. The summed E-state index contributed by atoms with van der Waals surface area (Å²) in [5, 5.41) is 3.37. The highest BCUT2D eigenvalue weighted by molar-refractivity contribution is 5.87. The minimum Gasteiger partial charge on any atom is -0.352 e. The summed E-state index contributed by atoms with van der Waals surface area (Å²) in [7, 11) is 0. The van der Waals surface area contributed by atoms with Crippen LogP contribution in [0.5, 0.6) is 0 Å². The lowest BCUT2D eigenvalue weighted by Crippen LogP contribution is -2.37. The molecule has 3 aromatic carbocycles. The van der Waals surface area contributed by atoms with E-state index >= 15 is 0 Å². The van der Waals surface area contributed by atoms with Gasteiger partial charge >= 0.3 is 0 Å². The standard InChI is InChI=1S/C26H26N2O/c29-26(24(20-12-6-2-7-13-20)21-14-8-3-9-15-21)27-25-22-17-28(18-23(22)25)16-19-10-4-1-5-11-19/h1-15,22-25H,16-18H2,(H,27,29)/t22-,23+,25+. The Hall–Kier alpha value is -2.91. The molecule has 0 radical (unpaired) electrons. The number of nitrogens with one attached hydrogen (secondary N) is 1. The molecule has 3 heteroatoms. The quantitative estimate of drug-likeness (QED) is 0.697.